The molecular weight excluding hydrogens is 224 g/mol. The van der Waals surface area contributed by atoms with Crippen LogP contribution in [0.2, 0.25) is 0 Å². The summed E-state index contributed by atoms with van der Waals surface area (Å²) in [5.74, 6) is -2.10. The van der Waals surface area contributed by atoms with Crippen LogP contribution in [0.1, 0.15) is 6.92 Å². The van der Waals surface area contributed by atoms with Crippen molar-refractivity contribution in [1.29, 1.82) is 0 Å². The zero-order chi connectivity index (χ0) is 11.8. The highest BCUT2D eigenvalue weighted by Gasteiger charge is 2.20. The third-order valence-electron chi connectivity index (χ3n) is 1.25. The second-order valence-electron chi connectivity index (χ2n) is 2.54. The van der Waals surface area contributed by atoms with E-state index in [0.29, 0.717) is 0 Å². The van der Waals surface area contributed by atoms with E-state index in [1.54, 1.807) is 5.48 Å². The molecule has 0 saturated carbocycles. The first-order valence-corrected chi connectivity index (χ1v) is 4.62. The second kappa shape index (κ2) is 7.07. The third kappa shape index (κ3) is 5.92. The fourth-order valence-electron chi connectivity index (χ4n) is 0.635. The zero-order valence-electron chi connectivity index (χ0n) is 8.02. The molecule has 8 heteroatoms. The number of aliphatic hydroxyl groups excluding tert-OH is 1. The van der Waals surface area contributed by atoms with Crippen LogP contribution < -0.4 is 10.8 Å². The molecule has 0 aliphatic heterocycles. The number of hydrogen-bond donors (Lipinski definition) is 4. The number of carbonyl (C=O) groups excluding carboxylic acids is 3. The van der Waals surface area contributed by atoms with Crippen LogP contribution in [-0.2, 0) is 19.2 Å². The molecule has 7 nitrogen and oxygen atoms in total. The van der Waals surface area contributed by atoms with Gasteiger partial charge in [-0.3, -0.25) is 9.59 Å². The molecule has 0 aliphatic carbocycles. The minimum absolute atomic E-state index is 0.0351. The van der Waals surface area contributed by atoms with E-state index < -0.39 is 30.4 Å². The maximum Gasteiger partial charge on any atom is 0.355 e. The van der Waals surface area contributed by atoms with E-state index in [1.165, 1.54) is 6.92 Å². The number of amides is 2. The van der Waals surface area contributed by atoms with Crippen LogP contribution in [0.3, 0.4) is 0 Å². The van der Waals surface area contributed by atoms with Crippen molar-refractivity contribution < 1.29 is 24.3 Å². The number of carbonyl (C=O) groups is 3. The number of hydrogen-bond acceptors (Lipinski definition) is 6. The third-order valence-corrected chi connectivity index (χ3v) is 1.62. The number of thiol groups is 1. The number of nitrogens with one attached hydrogen (secondary N) is 2. The maximum absolute atomic E-state index is 11.1. The normalized spacial score (nSPS) is 11.4. The Morgan fingerprint density at radius 1 is 1.47 bits per heavy atom. The Morgan fingerprint density at radius 2 is 2.07 bits per heavy atom. The van der Waals surface area contributed by atoms with Crippen molar-refractivity contribution in [2.45, 2.75) is 13.0 Å². The highest BCUT2D eigenvalue weighted by Crippen LogP contribution is 1.91. The average Bonchev–Trinajstić information content (AvgIpc) is 2.21. The molecule has 1 atom stereocenters. The average molecular weight is 236 g/mol. The molecule has 0 fully saturated rings. The molecule has 0 rings (SSSR count). The standard InChI is InChI=1S/C7H12N2O5S/c1-4(11)8-5(3-15)7(13)14-9-6(12)2-10/h5,10,15H,2-3H2,1H3,(H,8,11)(H,9,12)/t5-/m0/s1. The Kier molecular flexibility index (Phi) is 6.47. The van der Waals surface area contributed by atoms with Crippen LogP contribution in [0.4, 0.5) is 0 Å². The molecule has 3 N–H and O–H groups in total. The van der Waals surface area contributed by atoms with Crippen molar-refractivity contribution in [3.8, 4) is 0 Å². The lowest BCUT2D eigenvalue weighted by molar-refractivity contribution is -0.161. The molecule has 0 unspecified atom stereocenters. The predicted octanol–water partition coefficient (Wildman–Crippen LogP) is -2.01. The van der Waals surface area contributed by atoms with Crippen LogP contribution in [0.15, 0.2) is 0 Å². The lowest BCUT2D eigenvalue weighted by atomic mass is 10.3. The molecule has 2 amide bonds. The van der Waals surface area contributed by atoms with Gasteiger partial charge in [-0.2, -0.15) is 18.1 Å². The van der Waals surface area contributed by atoms with E-state index >= 15 is 0 Å². The van der Waals surface area contributed by atoms with Gasteiger partial charge >= 0.3 is 5.97 Å². The molecule has 0 aromatic heterocycles. The monoisotopic (exact) mass is 236 g/mol. The second-order valence-corrected chi connectivity index (χ2v) is 2.91. The van der Waals surface area contributed by atoms with Gasteiger partial charge in [-0.1, -0.05) is 0 Å². The lowest BCUT2D eigenvalue weighted by Crippen LogP contribution is -2.45. The van der Waals surface area contributed by atoms with Crippen LogP contribution >= 0.6 is 12.6 Å². The largest absolute Gasteiger partial charge is 0.386 e. The smallest absolute Gasteiger partial charge is 0.355 e. The van der Waals surface area contributed by atoms with Crippen LogP contribution in [0, 0.1) is 0 Å². The van der Waals surface area contributed by atoms with Crippen molar-refractivity contribution in [2.75, 3.05) is 12.4 Å². The Balaban J connectivity index is 4.04. The topological polar surface area (TPSA) is 105 Å². The fourth-order valence-corrected chi connectivity index (χ4v) is 0.875. The van der Waals surface area contributed by atoms with Crippen molar-refractivity contribution in [1.82, 2.24) is 10.8 Å². The van der Waals surface area contributed by atoms with E-state index in [4.69, 9.17) is 5.11 Å². The van der Waals surface area contributed by atoms with Gasteiger partial charge in [0.1, 0.15) is 12.6 Å². The molecule has 0 heterocycles. The Bertz CT molecular complexity index is 258. The summed E-state index contributed by atoms with van der Waals surface area (Å²) in [6.07, 6.45) is 0. The quantitative estimate of drug-likeness (QED) is 0.333. The summed E-state index contributed by atoms with van der Waals surface area (Å²) in [7, 11) is 0. The number of aliphatic hydroxyl groups is 1. The fraction of sp³-hybridized carbons (Fsp3) is 0.571. The van der Waals surface area contributed by atoms with Crippen molar-refractivity contribution in [3.63, 3.8) is 0 Å². The van der Waals surface area contributed by atoms with Gasteiger partial charge in [0, 0.05) is 12.7 Å². The molecule has 86 valence electrons. The summed E-state index contributed by atoms with van der Waals surface area (Å²) < 4.78 is 0. The number of hydroxylamine groups is 1. The van der Waals surface area contributed by atoms with E-state index in [2.05, 4.69) is 22.8 Å². The minimum Gasteiger partial charge on any atom is -0.386 e. The highest BCUT2D eigenvalue weighted by molar-refractivity contribution is 7.80. The van der Waals surface area contributed by atoms with E-state index in [1.807, 2.05) is 0 Å². The maximum atomic E-state index is 11.1. The molecule has 0 aromatic carbocycles. The molecule has 0 saturated heterocycles. The van der Waals surface area contributed by atoms with Crippen LogP contribution in [0.25, 0.3) is 0 Å². The van der Waals surface area contributed by atoms with Gasteiger partial charge < -0.3 is 15.3 Å². The van der Waals surface area contributed by atoms with Crippen molar-refractivity contribution >= 4 is 30.4 Å². The summed E-state index contributed by atoms with van der Waals surface area (Å²) in [6, 6.07) is -0.940. The summed E-state index contributed by atoms with van der Waals surface area (Å²) in [5, 5.41) is 10.6. The van der Waals surface area contributed by atoms with Gasteiger partial charge in [-0.25, -0.2) is 4.79 Å². The van der Waals surface area contributed by atoms with Gasteiger partial charge in [0.15, 0.2) is 0 Å². The summed E-state index contributed by atoms with van der Waals surface area (Å²) >= 11 is 3.82. The molecular formula is C7H12N2O5S. The first kappa shape index (κ1) is 13.7. The van der Waals surface area contributed by atoms with Crippen molar-refractivity contribution in [3.05, 3.63) is 0 Å². The summed E-state index contributed by atoms with van der Waals surface area (Å²) in [6.45, 7) is 0.439. The predicted molar refractivity (Wildman–Crippen MR) is 52.8 cm³/mol. The van der Waals surface area contributed by atoms with Gasteiger partial charge in [0.25, 0.3) is 5.91 Å². The number of rotatable bonds is 4. The summed E-state index contributed by atoms with van der Waals surface area (Å²) in [5.41, 5.74) is 1.70. The molecule has 0 aromatic rings. The van der Waals surface area contributed by atoms with Crippen molar-refractivity contribution in [2.24, 2.45) is 0 Å². The van der Waals surface area contributed by atoms with Gasteiger partial charge in [-0.05, 0) is 0 Å². The van der Waals surface area contributed by atoms with Gasteiger partial charge in [0.2, 0.25) is 5.91 Å². The Labute approximate surface area is 91.5 Å². The van der Waals surface area contributed by atoms with E-state index in [0.717, 1.165) is 0 Å². The lowest BCUT2D eigenvalue weighted by Gasteiger charge is -2.13. The first-order valence-electron chi connectivity index (χ1n) is 3.99. The zero-order valence-corrected chi connectivity index (χ0v) is 8.91. The molecule has 0 aliphatic rings. The first-order chi connectivity index (χ1) is 7.01. The minimum atomic E-state index is -0.940. The SMILES string of the molecule is CC(=O)N[C@@H](CS)C(=O)ONC(=O)CO. The summed E-state index contributed by atoms with van der Waals surface area (Å²) in [4.78, 5) is 36.6. The van der Waals surface area contributed by atoms with E-state index in [-0.39, 0.29) is 5.75 Å². The molecule has 15 heavy (non-hydrogen) atoms. The Morgan fingerprint density at radius 3 is 2.47 bits per heavy atom. The van der Waals surface area contributed by atoms with E-state index in [9.17, 15) is 14.4 Å². The van der Waals surface area contributed by atoms with Crippen LogP contribution in [-0.4, -0.2) is 41.3 Å². The van der Waals surface area contributed by atoms with Gasteiger partial charge in [0.05, 0.1) is 0 Å². The van der Waals surface area contributed by atoms with Crippen LogP contribution in [0.5, 0.6) is 0 Å². The van der Waals surface area contributed by atoms with Gasteiger partial charge in [-0.15, -0.1) is 0 Å². The molecule has 0 spiro atoms. The molecule has 0 radical (unpaired) electrons. The Hall–Kier alpha value is -1.28. The highest BCUT2D eigenvalue weighted by atomic mass is 32.1. The molecule has 0 bridgehead atoms.